The lowest BCUT2D eigenvalue weighted by Crippen LogP contribution is -2.48. The number of β-amino-alcohol motifs (C(OH)–C–C–N with tert-alkyl or cyclic N) is 1. The Balaban J connectivity index is 1.40. The number of aromatic nitrogens is 3. The second-order valence-electron chi connectivity index (χ2n) is 7.02. The van der Waals surface area contributed by atoms with Crippen LogP contribution in [0.5, 0.6) is 5.75 Å². The largest absolute Gasteiger partial charge is 0.488 e. The van der Waals surface area contributed by atoms with Gasteiger partial charge in [0.1, 0.15) is 18.0 Å². The third-order valence-corrected chi connectivity index (χ3v) is 5.13. The second kappa shape index (κ2) is 7.05. The van der Waals surface area contributed by atoms with E-state index in [1.807, 2.05) is 44.2 Å². The van der Waals surface area contributed by atoms with Crippen LogP contribution in [0, 0.1) is 13.8 Å². The molecule has 1 fully saturated rings. The zero-order valence-corrected chi connectivity index (χ0v) is 15.1. The van der Waals surface area contributed by atoms with Crippen molar-refractivity contribution in [1.82, 2.24) is 20.1 Å². The first-order valence-electron chi connectivity index (χ1n) is 9.02. The molecule has 0 saturated carbocycles. The summed E-state index contributed by atoms with van der Waals surface area (Å²) in [6.45, 7) is 6.34. The van der Waals surface area contributed by atoms with E-state index in [9.17, 15) is 5.11 Å². The molecule has 6 nitrogen and oxygen atoms in total. The van der Waals surface area contributed by atoms with Crippen molar-refractivity contribution in [2.75, 3.05) is 13.1 Å². The summed E-state index contributed by atoms with van der Waals surface area (Å²) in [7, 11) is 0. The molecule has 0 spiro atoms. The van der Waals surface area contributed by atoms with E-state index in [2.05, 4.69) is 20.1 Å². The fourth-order valence-corrected chi connectivity index (χ4v) is 3.58. The Morgan fingerprint density at radius 3 is 2.96 bits per heavy atom. The second-order valence-corrected chi connectivity index (χ2v) is 7.02. The van der Waals surface area contributed by atoms with Crippen LogP contribution >= 0.6 is 0 Å². The Hall–Kier alpha value is -2.44. The van der Waals surface area contributed by atoms with E-state index < -0.39 is 6.10 Å². The highest BCUT2D eigenvalue weighted by Gasteiger charge is 2.30. The van der Waals surface area contributed by atoms with Crippen LogP contribution in [0.4, 0.5) is 0 Å². The molecule has 3 aromatic rings. The summed E-state index contributed by atoms with van der Waals surface area (Å²) in [5, 5.41) is 18.9. The van der Waals surface area contributed by atoms with Gasteiger partial charge in [0.15, 0.2) is 0 Å². The van der Waals surface area contributed by atoms with Gasteiger partial charge in [0.05, 0.1) is 11.2 Å². The molecule has 0 bridgehead atoms. The molecule has 3 heterocycles. The van der Waals surface area contributed by atoms with E-state index in [1.54, 1.807) is 6.20 Å². The van der Waals surface area contributed by atoms with Crippen LogP contribution in [0.25, 0.3) is 10.9 Å². The lowest BCUT2D eigenvalue weighted by Gasteiger charge is -2.36. The van der Waals surface area contributed by atoms with E-state index in [1.165, 1.54) is 5.56 Å². The zero-order chi connectivity index (χ0) is 18.1. The highest BCUT2D eigenvalue weighted by Crippen LogP contribution is 2.24. The van der Waals surface area contributed by atoms with E-state index in [4.69, 9.17) is 4.74 Å². The van der Waals surface area contributed by atoms with Gasteiger partial charge in [-0.25, -0.2) is 0 Å². The summed E-state index contributed by atoms with van der Waals surface area (Å²) >= 11 is 0. The van der Waals surface area contributed by atoms with Gasteiger partial charge in [0.25, 0.3) is 0 Å². The summed E-state index contributed by atoms with van der Waals surface area (Å²) in [5.74, 6) is 0.759. The third kappa shape index (κ3) is 3.43. The molecule has 4 rings (SSSR count). The van der Waals surface area contributed by atoms with Crippen LogP contribution < -0.4 is 4.74 Å². The molecule has 6 heteroatoms. The average molecular weight is 352 g/mol. The summed E-state index contributed by atoms with van der Waals surface area (Å²) in [6.07, 6.45) is 1.85. The van der Waals surface area contributed by atoms with Crippen molar-refractivity contribution in [2.24, 2.45) is 0 Å². The number of aliphatic hydroxyl groups is 1. The first-order valence-corrected chi connectivity index (χ1v) is 9.02. The minimum Gasteiger partial charge on any atom is -0.488 e. The lowest BCUT2D eigenvalue weighted by atomic mass is 10.0. The SMILES string of the molecule is Cc1n[nH]c(C)c1CN1CC[C@@H](Oc2ccc3cccnc3c2)[C@H](O)C1. The molecule has 2 atom stereocenters. The van der Waals surface area contributed by atoms with Gasteiger partial charge in [-0.2, -0.15) is 5.10 Å². The summed E-state index contributed by atoms with van der Waals surface area (Å²) in [6, 6.07) is 9.84. The maximum atomic E-state index is 10.6. The first-order chi connectivity index (χ1) is 12.6. The number of nitrogens with zero attached hydrogens (tertiary/aromatic N) is 3. The molecule has 1 aliphatic rings. The molecule has 0 amide bonds. The van der Waals surface area contributed by atoms with Gasteiger partial charge in [0, 0.05) is 48.5 Å². The normalized spacial score (nSPS) is 21.2. The lowest BCUT2D eigenvalue weighted by molar-refractivity contribution is -0.0275. The molecule has 1 aliphatic heterocycles. The topological polar surface area (TPSA) is 74.3 Å². The van der Waals surface area contributed by atoms with Gasteiger partial charge >= 0.3 is 0 Å². The number of nitrogens with one attached hydrogen (secondary N) is 1. The van der Waals surface area contributed by atoms with E-state index >= 15 is 0 Å². The molecule has 2 aromatic heterocycles. The smallest absolute Gasteiger partial charge is 0.127 e. The van der Waals surface area contributed by atoms with Gasteiger partial charge in [0.2, 0.25) is 0 Å². The van der Waals surface area contributed by atoms with Gasteiger partial charge in [-0.15, -0.1) is 0 Å². The number of aliphatic hydroxyl groups excluding tert-OH is 1. The van der Waals surface area contributed by atoms with Crippen molar-refractivity contribution in [3.63, 3.8) is 0 Å². The number of rotatable bonds is 4. The molecule has 26 heavy (non-hydrogen) atoms. The van der Waals surface area contributed by atoms with Crippen LogP contribution in [0.1, 0.15) is 23.4 Å². The number of H-pyrrole nitrogens is 1. The number of benzene rings is 1. The minimum atomic E-state index is -0.518. The molecular formula is C20H24N4O2. The Bertz CT molecular complexity index is 888. The molecule has 1 saturated heterocycles. The third-order valence-electron chi connectivity index (χ3n) is 5.13. The van der Waals surface area contributed by atoms with Gasteiger partial charge in [-0.3, -0.25) is 15.0 Å². The van der Waals surface area contributed by atoms with Gasteiger partial charge < -0.3 is 9.84 Å². The summed E-state index contributed by atoms with van der Waals surface area (Å²) in [4.78, 5) is 6.63. The number of hydrogen-bond acceptors (Lipinski definition) is 5. The Morgan fingerprint density at radius 2 is 2.19 bits per heavy atom. The standard InChI is InChI=1S/C20H24N4O2/c1-13-17(14(2)23-22-13)11-24-9-7-20(19(25)12-24)26-16-6-5-15-4-3-8-21-18(15)10-16/h3-6,8,10,19-20,25H,7,9,11-12H2,1-2H3,(H,22,23)/t19-,20-/m1/s1. The Kier molecular flexibility index (Phi) is 4.61. The van der Waals surface area contributed by atoms with Crippen molar-refractivity contribution in [3.05, 3.63) is 53.5 Å². The van der Waals surface area contributed by atoms with Crippen LogP contribution in [-0.2, 0) is 6.54 Å². The number of likely N-dealkylation sites (tertiary alicyclic amines) is 1. The van der Waals surface area contributed by atoms with E-state index in [-0.39, 0.29) is 6.10 Å². The molecular weight excluding hydrogens is 328 g/mol. The van der Waals surface area contributed by atoms with Crippen LogP contribution in [-0.4, -0.2) is 50.5 Å². The van der Waals surface area contributed by atoms with E-state index in [0.29, 0.717) is 6.54 Å². The molecule has 1 aromatic carbocycles. The molecule has 0 unspecified atom stereocenters. The first kappa shape index (κ1) is 17.0. The molecule has 136 valence electrons. The predicted octanol–water partition coefficient (Wildman–Crippen LogP) is 2.59. The fraction of sp³-hybridized carbons (Fsp3) is 0.400. The predicted molar refractivity (Wildman–Crippen MR) is 100 cm³/mol. The Labute approximate surface area is 152 Å². The molecule has 0 aliphatic carbocycles. The number of ether oxygens (including phenoxy) is 1. The summed E-state index contributed by atoms with van der Waals surface area (Å²) in [5.41, 5.74) is 4.25. The number of fused-ring (bicyclic) bond motifs is 1. The van der Waals surface area contributed by atoms with Crippen molar-refractivity contribution in [3.8, 4) is 5.75 Å². The number of aryl methyl sites for hydroxylation is 2. The van der Waals surface area contributed by atoms with Crippen LogP contribution in [0.3, 0.4) is 0 Å². The number of hydrogen-bond donors (Lipinski definition) is 2. The quantitative estimate of drug-likeness (QED) is 0.755. The average Bonchev–Trinajstić information content (AvgIpc) is 2.96. The van der Waals surface area contributed by atoms with Crippen LogP contribution in [0.15, 0.2) is 36.5 Å². The number of aromatic amines is 1. The van der Waals surface area contributed by atoms with Crippen molar-refractivity contribution in [2.45, 2.75) is 39.0 Å². The fourth-order valence-electron chi connectivity index (χ4n) is 3.58. The highest BCUT2D eigenvalue weighted by atomic mass is 16.5. The van der Waals surface area contributed by atoms with Gasteiger partial charge in [-0.05, 0) is 38.5 Å². The summed E-state index contributed by atoms with van der Waals surface area (Å²) < 4.78 is 6.07. The molecule has 2 N–H and O–H groups in total. The van der Waals surface area contributed by atoms with Crippen LogP contribution in [0.2, 0.25) is 0 Å². The Morgan fingerprint density at radius 1 is 1.31 bits per heavy atom. The van der Waals surface area contributed by atoms with E-state index in [0.717, 1.165) is 47.6 Å². The monoisotopic (exact) mass is 352 g/mol. The zero-order valence-electron chi connectivity index (χ0n) is 15.1. The van der Waals surface area contributed by atoms with Crippen molar-refractivity contribution < 1.29 is 9.84 Å². The van der Waals surface area contributed by atoms with Gasteiger partial charge in [-0.1, -0.05) is 6.07 Å². The number of piperidine rings is 1. The number of pyridine rings is 1. The molecule has 0 radical (unpaired) electrons. The maximum absolute atomic E-state index is 10.6. The highest BCUT2D eigenvalue weighted by molar-refractivity contribution is 5.79. The van der Waals surface area contributed by atoms with Crippen molar-refractivity contribution in [1.29, 1.82) is 0 Å². The minimum absolute atomic E-state index is 0.195. The van der Waals surface area contributed by atoms with Crippen molar-refractivity contribution >= 4 is 10.9 Å². The maximum Gasteiger partial charge on any atom is 0.127 e.